The van der Waals surface area contributed by atoms with E-state index >= 15 is 0 Å². The summed E-state index contributed by atoms with van der Waals surface area (Å²) < 4.78 is 15.5. The van der Waals surface area contributed by atoms with Gasteiger partial charge in [-0.3, -0.25) is 0 Å². The molecule has 1 N–H and O–H groups in total. The standard InChI is InChI=1S/C14H18O5/c1-9-3-5-10(6-4-9)13(16)18-8-11-7-12(15)14(17-2)19-11/h3-6,11-12,14-15H,7-8H2,1-2H3/t11-,12-,14+/m0/s1. The average Bonchev–Trinajstić information content (AvgIpc) is 2.77. The van der Waals surface area contributed by atoms with Crippen LogP contribution in [0.5, 0.6) is 0 Å². The molecule has 0 bridgehead atoms. The molecule has 5 nitrogen and oxygen atoms in total. The van der Waals surface area contributed by atoms with Crippen LogP contribution in [0.3, 0.4) is 0 Å². The number of hydrogen-bond donors (Lipinski definition) is 1. The third-order valence-corrected chi connectivity index (χ3v) is 3.07. The molecule has 0 spiro atoms. The number of carbonyl (C=O) groups excluding carboxylic acids is 1. The van der Waals surface area contributed by atoms with Crippen LogP contribution in [-0.2, 0) is 14.2 Å². The first-order valence-corrected chi connectivity index (χ1v) is 6.20. The molecule has 19 heavy (non-hydrogen) atoms. The second-order valence-corrected chi connectivity index (χ2v) is 4.63. The van der Waals surface area contributed by atoms with Gasteiger partial charge in [-0.25, -0.2) is 4.79 Å². The van der Waals surface area contributed by atoms with Crippen molar-refractivity contribution in [2.75, 3.05) is 13.7 Å². The molecule has 0 unspecified atom stereocenters. The van der Waals surface area contributed by atoms with Crippen molar-refractivity contribution < 1.29 is 24.1 Å². The molecule has 1 aliphatic heterocycles. The molecule has 1 aromatic carbocycles. The summed E-state index contributed by atoms with van der Waals surface area (Å²) in [5, 5.41) is 9.58. The molecular weight excluding hydrogens is 248 g/mol. The van der Waals surface area contributed by atoms with Gasteiger partial charge < -0.3 is 19.3 Å². The fourth-order valence-electron chi connectivity index (χ4n) is 1.98. The SMILES string of the molecule is CO[C@@H]1O[C@H](COC(=O)c2ccc(C)cc2)C[C@@H]1O. The molecule has 1 heterocycles. The van der Waals surface area contributed by atoms with Crippen molar-refractivity contribution >= 4 is 5.97 Å². The number of esters is 1. The van der Waals surface area contributed by atoms with Gasteiger partial charge in [0.05, 0.1) is 11.7 Å². The molecule has 0 aliphatic carbocycles. The highest BCUT2D eigenvalue weighted by molar-refractivity contribution is 5.89. The van der Waals surface area contributed by atoms with Crippen molar-refractivity contribution in [1.82, 2.24) is 0 Å². The molecule has 2 rings (SSSR count). The third kappa shape index (κ3) is 3.53. The van der Waals surface area contributed by atoms with E-state index in [1.165, 1.54) is 7.11 Å². The molecule has 1 aromatic rings. The van der Waals surface area contributed by atoms with Crippen molar-refractivity contribution in [3.05, 3.63) is 35.4 Å². The highest BCUT2D eigenvalue weighted by atomic mass is 16.7. The van der Waals surface area contributed by atoms with E-state index in [-0.39, 0.29) is 18.7 Å². The second-order valence-electron chi connectivity index (χ2n) is 4.63. The lowest BCUT2D eigenvalue weighted by atomic mass is 10.1. The van der Waals surface area contributed by atoms with E-state index in [1.807, 2.05) is 19.1 Å². The number of methoxy groups -OCH3 is 1. The Kier molecular flexibility index (Phi) is 4.52. The molecule has 0 aromatic heterocycles. The molecule has 0 radical (unpaired) electrons. The summed E-state index contributed by atoms with van der Waals surface area (Å²) in [5.41, 5.74) is 1.59. The Balaban J connectivity index is 1.83. The minimum absolute atomic E-state index is 0.115. The second kappa shape index (κ2) is 6.14. The molecule has 1 saturated heterocycles. The monoisotopic (exact) mass is 266 g/mol. The number of benzene rings is 1. The fraction of sp³-hybridized carbons (Fsp3) is 0.500. The van der Waals surface area contributed by atoms with Gasteiger partial charge in [0.2, 0.25) is 0 Å². The van der Waals surface area contributed by atoms with E-state index in [9.17, 15) is 9.90 Å². The van der Waals surface area contributed by atoms with E-state index in [0.717, 1.165) is 5.56 Å². The summed E-state index contributed by atoms with van der Waals surface area (Å²) >= 11 is 0. The Morgan fingerprint density at radius 2 is 2.11 bits per heavy atom. The fourth-order valence-corrected chi connectivity index (χ4v) is 1.98. The number of carbonyl (C=O) groups is 1. The van der Waals surface area contributed by atoms with Crippen LogP contribution in [0.1, 0.15) is 22.3 Å². The first-order chi connectivity index (χ1) is 9.10. The van der Waals surface area contributed by atoms with Gasteiger partial charge in [0.15, 0.2) is 6.29 Å². The highest BCUT2D eigenvalue weighted by Gasteiger charge is 2.34. The van der Waals surface area contributed by atoms with E-state index < -0.39 is 12.4 Å². The summed E-state index contributed by atoms with van der Waals surface area (Å²) in [6.07, 6.45) is -1.23. The molecule has 0 saturated carbocycles. The van der Waals surface area contributed by atoms with Crippen molar-refractivity contribution in [2.45, 2.75) is 31.8 Å². The van der Waals surface area contributed by atoms with Crippen LogP contribution >= 0.6 is 0 Å². The number of ether oxygens (including phenoxy) is 3. The predicted octanol–water partition coefficient (Wildman–Crippen LogP) is 1.27. The van der Waals surface area contributed by atoms with Crippen LogP contribution in [0.2, 0.25) is 0 Å². The maximum Gasteiger partial charge on any atom is 0.338 e. The van der Waals surface area contributed by atoms with Crippen LogP contribution in [0, 0.1) is 6.92 Å². The van der Waals surface area contributed by atoms with Crippen molar-refractivity contribution in [1.29, 1.82) is 0 Å². The maximum absolute atomic E-state index is 11.8. The minimum Gasteiger partial charge on any atom is -0.459 e. The molecule has 0 amide bonds. The van der Waals surface area contributed by atoms with E-state index in [2.05, 4.69) is 0 Å². The smallest absolute Gasteiger partial charge is 0.338 e. The lowest BCUT2D eigenvalue weighted by Gasteiger charge is -2.13. The maximum atomic E-state index is 11.8. The number of aliphatic hydroxyl groups is 1. The molecule has 1 aliphatic rings. The predicted molar refractivity (Wildman–Crippen MR) is 67.8 cm³/mol. The average molecular weight is 266 g/mol. The van der Waals surface area contributed by atoms with Crippen molar-refractivity contribution in [3.8, 4) is 0 Å². The van der Waals surface area contributed by atoms with Gasteiger partial charge in [-0.2, -0.15) is 0 Å². The van der Waals surface area contributed by atoms with Gasteiger partial charge in [0, 0.05) is 13.5 Å². The van der Waals surface area contributed by atoms with Crippen molar-refractivity contribution in [2.24, 2.45) is 0 Å². The summed E-state index contributed by atoms with van der Waals surface area (Å²) in [7, 11) is 1.47. The van der Waals surface area contributed by atoms with Gasteiger partial charge >= 0.3 is 5.97 Å². The molecule has 5 heteroatoms. The van der Waals surface area contributed by atoms with Gasteiger partial charge in [-0.1, -0.05) is 17.7 Å². The zero-order valence-electron chi connectivity index (χ0n) is 11.0. The van der Waals surface area contributed by atoms with Gasteiger partial charge in [0.25, 0.3) is 0 Å². The summed E-state index contributed by atoms with van der Waals surface area (Å²) in [6, 6.07) is 7.15. The van der Waals surface area contributed by atoms with Crippen LogP contribution in [0.25, 0.3) is 0 Å². The number of aliphatic hydroxyl groups excluding tert-OH is 1. The summed E-state index contributed by atoms with van der Waals surface area (Å²) in [5.74, 6) is -0.390. The van der Waals surface area contributed by atoms with Crippen LogP contribution in [-0.4, -0.2) is 43.3 Å². The van der Waals surface area contributed by atoms with E-state index in [4.69, 9.17) is 14.2 Å². The normalized spacial score (nSPS) is 26.4. The zero-order valence-corrected chi connectivity index (χ0v) is 11.0. The van der Waals surface area contributed by atoms with Gasteiger partial charge in [-0.15, -0.1) is 0 Å². The number of aryl methyl sites for hydroxylation is 1. The van der Waals surface area contributed by atoms with Gasteiger partial charge in [-0.05, 0) is 19.1 Å². The Hall–Kier alpha value is -1.43. The number of hydrogen-bond acceptors (Lipinski definition) is 5. The van der Waals surface area contributed by atoms with Crippen LogP contribution in [0.15, 0.2) is 24.3 Å². The quantitative estimate of drug-likeness (QED) is 0.831. The Bertz CT molecular complexity index is 428. The Morgan fingerprint density at radius 3 is 2.68 bits per heavy atom. The van der Waals surface area contributed by atoms with Gasteiger partial charge in [0.1, 0.15) is 12.7 Å². The minimum atomic E-state index is -0.673. The Morgan fingerprint density at radius 1 is 1.42 bits per heavy atom. The Labute approximate surface area is 112 Å². The highest BCUT2D eigenvalue weighted by Crippen LogP contribution is 2.21. The molecule has 1 fully saturated rings. The van der Waals surface area contributed by atoms with Crippen molar-refractivity contribution in [3.63, 3.8) is 0 Å². The van der Waals surface area contributed by atoms with E-state index in [1.54, 1.807) is 12.1 Å². The largest absolute Gasteiger partial charge is 0.459 e. The summed E-state index contributed by atoms with van der Waals surface area (Å²) in [6.45, 7) is 2.07. The summed E-state index contributed by atoms with van der Waals surface area (Å²) in [4.78, 5) is 11.8. The lowest BCUT2D eigenvalue weighted by molar-refractivity contribution is -0.153. The number of rotatable bonds is 4. The molecule has 104 valence electrons. The van der Waals surface area contributed by atoms with Crippen LogP contribution < -0.4 is 0 Å². The first kappa shape index (κ1) is 14.0. The third-order valence-electron chi connectivity index (χ3n) is 3.07. The van der Waals surface area contributed by atoms with E-state index in [0.29, 0.717) is 12.0 Å². The molecular formula is C14H18O5. The first-order valence-electron chi connectivity index (χ1n) is 6.20. The zero-order chi connectivity index (χ0) is 13.8. The molecule has 3 atom stereocenters. The topological polar surface area (TPSA) is 65.0 Å². The van der Waals surface area contributed by atoms with Crippen LogP contribution in [0.4, 0.5) is 0 Å². The lowest BCUT2D eigenvalue weighted by Crippen LogP contribution is -2.22.